The van der Waals surface area contributed by atoms with Crippen LogP contribution in [0.5, 0.6) is 0 Å². The number of aryl methyl sites for hydroxylation is 2. The zero-order chi connectivity index (χ0) is 17.1. The summed E-state index contributed by atoms with van der Waals surface area (Å²) in [6, 6.07) is 5.93. The number of nitro benzene ring substituents is 1. The van der Waals surface area contributed by atoms with Crippen molar-refractivity contribution in [3.8, 4) is 0 Å². The molecule has 0 saturated carbocycles. The van der Waals surface area contributed by atoms with Crippen LogP contribution in [0, 0.1) is 24.0 Å². The summed E-state index contributed by atoms with van der Waals surface area (Å²) in [7, 11) is 0. The number of carbonyl (C=O) groups is 1. The standard InChI is InChI=1S/C15H14ClN3O4/c1-8-6-12(10(3)23-8)15(20)18-17-9(2)11-4-5-13(16)14(7-11)19(21)22/h4-7H,1-3H3,(H,18,20). The molecule has 8 heteroatoms. The van der Waals surface area contributed by atoms with Crippen molar-refractivity contribution in [3.05, 3.63) is 62.0 Å². The normalized spacial score (nSPS) is 11.4. The molecule has 1 amide bonds. The maximum Gasteiger partial charge on any atom is 0.288 e. The Morgan fingerprint density at radius 1 is 1.35 bits per heavy atom. The molecule has 1 N–H and O–H groups in total. The van der Waals surface area contributed by atoms with Crippen molar-refractivity contribution in [1.29, 1.82) is 0 Å². The molecule has 2 rings (SSSR count). The number of furan rings is 1. The minimum Gasteiger partial charge on any atom is -0.466 e. The van der Waals surface area contributed by atoms with E-state index in [-0.39, 0.29) is 10.7 Å². The van der Waals surface area contributed by atoms with Gasteiger partial charge < -0.3 is 4.42 Å². The molecule has 0 aliphatic heterocycles. The Kier molecular flexibility index (Phi) is 4.80. The third kappa shape index (κ3) is 3.75. The van der Waals surface area contributed by atoms with Crippen LogP contribution in [0.25, 0.3) is 0 Å². The van der Waals surface area contributed by atoms with E-state index in [9.17, 15) is 14.9 Å². The lowest BCUT2D eigenvalue weighted by Crippen LogP contribution is -2.19. The molecule has 0 saturated heterocycles. The first-order chi connectivity index (χ1) is 10.8. The molecule has 1 heterocycles. The first-order valence-electron chi connectivity index (χ1n) is 6.65. The maximum absolute atomic E-state index is 12.0. The van der Waals surface area contributed by atoms with E-state index in [2.05, 4.69) is 10.5 Å². The number of halogens is 1. The molecule has 0 radical (unpaired) electrons. The van der Waals surface area contributed by atoms with Crippen LogP contribution < -0.4 is 5.43 Å². The van der Waals surface area contributed by atoms with Gasteiger partial charge in [0.05, 0.1) is 16.2 Å². The molecule has 0 bridgehead atoms. The Bertz CT molecular complexity index is 811. The van der Waals surface area contributed by atoms with Crippen LogP contribution in [0.15, 0.2) is 33.8 Å². The average molecular weight is 336 g/mol. The van der Waals surface area contributed by atoms with Crippen LogP contribution in [-0.4, -0.2) is 16.5 Å². The number of benzene rings is 1. The lowest BCUT2D eigenvalue weighted by atomic mass is 10.1. The van der Waals surface area contributed by atoms with Gasteiger partial charge in [-0.1, -0.05) is 17.7 Å². The third-order valence-electron chi connectivity index (χ3n) is 3.17. The van der Waals surface area contributed by atoms with Crippen molar-refractivity contribution in [3.63, 3.8) is 0 Å². The number of hydrogen-bond donors (Lipinski definition) is 1. The van der Waals surface area contributed by atoms with E-state index in [1.807, 2.05) is 0 Å². The number of nitrogens with zero attached hydrogens (tertiary/aromatic N) is 2. The smallest absolute Gasteiger partial charge is 0.288 e. The fourth-order valence-corrected chi connectivity index (χ4v) is 2.18. The molecule has 0 atom stereocenters. The number of amides is 1. The van der Waals surface area contributed by atoms with Crippen LogP contribution in [-0.2, 0) is 0 Å². The quantitative estimate of drug-likeness (QED) is 0.524. The second-order valence-electron chi connectivity index (χ2n) is 4.89. The van der Waals surface area contributed by atoms with Crippen LogP contribution in [0.1, 0.15) is 34.4 Å². The van der Waals surface area contributed by atoms with Gasteiger partial charge in [-0.05, 0) is 32.9 Å². The van der Waals surface area contributed by atoms with Gasteiger partial charge in [0.2, 0.25) is 0 Å². The minimum absolute atomic E-state index is 0.0417. The molecule has 120 valence electrons. The number of rotatable bonds is 4. The zero-order valence-electron chi connectivity index (χ0n) is 12.7. The molecule has 2 aromatic rings. The molecule has 0 unspecified atom stereocenters. The van der Waals surface area contributed by atoms with Crippen molar-refractivity contribution in [2.75, 3.05) is 0 Å². The Hall–Kier alpha value is -2.67. The maximum atomic E-state index is 12.0. The van der Waals surface area contributed by atoms with Crippen molar-refractivity contribution in [2.45, 2.75) is 20.8 Å². The molecule has 0 fully saturated rings. The summed E-state index contributed by atoms with van der Waals surface area (Å²) in [5.41, 5.74) is 3.47. The van der Waals surface area contributed by atoms with Crippen LogP contribution in [0.4, 0.5) is 5.69 Å². The van der Waals surface area contributed by atoms with Gasteiger partial charge in [0.1, 0.15) is 16.5 Å². The number of hydrogen-bond acceptors (Lipinski definition) is 5. The van der Waals surface area contributed by atoms with E-state index in [1.54, 1.807) is 32.9 Å². The average Bonchev–Trinajstić information content (AvgIpc) is 2.83. The molecule has 1 aromatic carbocycles. The highest BCUT2D eigenvalue weighted by atomic mass is 35.5. The van der Waals surface area contributed by atoms with E-state index in [0.29, 0.717) is 28.4 Å². The molecule has 1 aromatic heterocycles. The van der Waals surface area contributed by atoms with Gasteiger partial charge in [0.25, 0.3) is 11.6 Å². The Morgan fingerprint density at radius 3 is 2.61 bits per heavy atom. The molecular weight excluding hydrogens is 322 g/mol. The van der Waals surface area contributed by atoms with Crippen LogP contribution >= 0.6 is 11.6 Å². The highest BCUT2D eigenvalue weighted by molar-refractivity contribution is 6.32. The fraction of sp³-hybridized carbons (Fsp3) is 0.200. The SMILES string of the molecule is CC(=NNC(=O)c1cc(C)oc1C)c1ccc(Cl)c([N+](=O)[O-])c1. The largest absolute Gasteiger partial charge is 0.466 e. The Balaban J connectivity index is 2.20. The molecule has 0 spiro atoms. The molecule has 23 heavy (non-hydrogen) atoms. The van der Waals surface area contributed by atoms with Gasteiger partial charge in [-0.2, -0.15) is 5.10 Å². The van der Waals surface area contributed by atoms with Crippen molar-refractivity contribution >= 4 is 28.9 Å². The summed E-state index contributed by atoms with van der Waals surface area (Å²) in [6.45, 7) is 5.05. The summed E-state index contributed by atoms with van der Waals surface area (Å²) in [4.78, 5) is 22.4. The van der Waals surface area contributed by atoms with Crippen molar-refractivity contribution in [1.82, 2.24) is 5.43 Å². The number of hydrazone groups is 1. The summed E-state index contributed by atoms with van der Waals surface area (Å²) in [5.74, 6) is 0.707. The van der Waals surface area contributed by atoms with E-state index in [1.165, 1.54) is 12.1 Å². The van der Waals surface area contributed by atoms with Crippen LogP contribution in [0.3, 0.4) is 0 Å². The highest BCUT2D eigenvalue weighted by Crippen LogP contribution is 2.25. The number of nitro groups is 1. The minimum atomic E-state index is -0.574. The molecule has 0 aliphatic carbocycles. The van der Waals surface area contributed by atoms with Gasteiger partial charge in [0.15, 0.2) is 0 Å². The summed E-state index contributed by atoms with van der Waals surface area (Å²) in [6.07, 6.45) is 0. The van der Waals surface area contributed by atoms with Crippen LogP contribution in [0.2, 0.25) is 5.02 Å². The van der Waals surface area contributed by atoms with E-state index < -0.39 is 10.8 Å². The van der Waals surface area contributed by atoms with Gasteiger partial charge in [0, 0.05) is 11.6 Å². The predicted octanol–water partition coefficient (Wildman–Crippen LogP) is 3.61. The van der Waals surface area contributed by atoms with E-state index in [4.69, 9.17) is 16.0 Å². The summed E-state index contributed by atoms with van der Waals surface area (Å²) >= 11 is 5.76. The van der Waals surface area contributed by atoms with Gasteiger partial charge in [-0.25, -0.2) is 5.43 Å². The molecular formula is C15H14ClN3O4. The lowest BCUT2D eigenvalue weighted by Gasteiger charge is -2.03. The van der Waals surface area contributed by atoms with E-state index in [0.717, 1.165) is 0 Å². The summed E-state index contributed by atoms with van der Waals surface area (Å²) in [5, 5.41) is 14.9. The van der Waals surface area contributed by atoms with Crippen molar-refractivity contribution in [2.24, 2.45) is 5.10 Å². The number of carbonyl (C=O) groups excluding carboxylic acids is 1. The predicted molar refractivity (Wildman–Crippen MR) is 86.0 cm³/mol. The van der Waals surface area contributed by atoms with Crippen molar-refractivity contribution < 1.29 is 14.1 Å². The Morgan fingerprint density at radius 2 is 2.04 bits per heavy atom. The van der Waals surface area contributed by atoms with E-state index >= 15 is 0 Å². The number of nitrogens with one attached hydrogen (secondary N) is 1. The second-order valence-corrected chi connectivity index (χ2v) is 5.30. The highest BCUT2D eigenvalue weighted by Gasteiger charge is 2.15. The third-order valence-corrected chi connectivity index (χ3v) is 3.49. The van der Waals surface area contributed by atoms with Gasteiger partial charge in [-0.15, -0.1) is 0 Å². The first-order valence-corrected chi connectivity index (χ1v) is 7.03. The molecule has 7 nitrogen and oxygen atoms in total. The topological polar surface area (TPSA) is 97.7 Å². The first kappa shape index (κ1) is 16.7. The monoisotopic (exact) mass is 335 g/mol. The Labute approximate surface area is 137 Å². The summed E-state index contributed by atoms with van der Waals surface area (Å²) < 4.78 is 5.28. The molecule has 0 aliphatic rings. The van der Waals surface area contributed by atoms with Gasteiger partial charge in [-0.3, -0.25) is 14.9 Å². The lowest BCUT2D eigenvalue weighted by molar-refractivity contribution is -0.384. The van der Waals surface area contributed by atoms with Gasteiger partial charge >= 0.3 is 0 Å². The zero-order valence-corrected chi connectivity index (χ0v) is 13.5. The fourth-order valence-electron chi connectivity index (χ4n) is 1.99. The second kappa shape index (κ2) is 6.62.